The Kier molecular flexibility index (Phi) is 3.88. The molecule has 3 N–H and O–H groups in total. The van der Waals surface area contributed by atoms with Crippen LogP contribution in [0, 0.1) is 6.92 Å². The molecule has 1 atom stereocenters. The van der Waals surface area contributed by atoms with E-state index in [4.69, 9.17) is 4.42 Å². The molecule has 0 saturated carbocycles. The van der Waals surface area contributed by atoms with Crippen molar-refractivity contribution in [3.05, 3.63) is 64.9 Å². The number of amides is 3. The largest absolute Gasteiger partial charge is 0.459 e. The Labute approximate surface area is 150 Å². The van der Waals surface area contributed by atoms with Gasteiger partial charge in [0.05, 0.1) is 6.04 Å². The van der Waals surface area contributed by atoms with E-state index in [0.29, 0.717) is 17.8 Å². The highest BCUT2D eigenvalue weighted by molar-refractivity contribution is 5.99. The first-order chi connectivity index (χ1) is 12.5. The lowest BCUT2D eigenvalue weighted by Gasteiger charge is -2.14. The third-order valence-corrected chi connectivity index (χ3v) is 4.67. The van der Waals surface area contributed by atoms with E-state index in [1.165, 1.54) is 0 Å². The van der Waals surface area contributed by atoms with Gasteiger partial charge in [0.1, 0.15) is 11.3 Å². The van der Waals surface area contributed by atoms with Crippen LogP contribution in [0.25, 0.3) is 11.0 Å². The van der Waals surface area contributed by atoms with Crippen LogP contribution < -0.4 is 16.0 Å². The zero-order valence-corrected chi connectivity index (χ0v) is 14.6. The zero-order chi connectivity index (χ0) is 18.3. The van der Waals surface area contributed by atoms with Gasteiger partial charge in [0.2, 0.25) is 0 Å². The lowest BCUT2D eigenvalue weighted by Crippen LogP contribution is -2.31. The second-order valence-electron chi connectivity index (χ2n) is 6.46. The van der Waals surface area contributed by atoms with Gasteiger partial charge in [-0.3, -0.25) is 4.79 Å². The minimum atomic E-state index is -0.324. The number of furan rings is 1. The molecule has 0 spiro atoms. The Morgan fingerprint density at radius 1 is 1.23 bits per heavy atom. The number of hydrogen-bond acceptors (Lipinski definition) is 3. The van der Waals surface area contributed by atoms with Crippen molar-refractivity contribution >= 4 is 28.6 Å². The first-order valence-electron chi connectivity index (χ1n) is 8.49. The summed E-state index contributed by atoms with van der Waals surface area (Å²) in [5, 5.41) is 9.51. The fraction of sp³-hybridized carbons (Fsp3) is 0.200. The standard InChI is InChI=1S/C20H19N3O3/c1-11-15-5-3-4-6-17(15)26-18(11)12(2)22-20(25)23-14-7-8-16-13(9-14)10-21-19(16)24/h3-9,12H,10H2,1-2H3,(H,21,24)(H2,22,23,25)/t12-/m0/s1. The Hall–Kier alpha value is -3.28. The number of aryl methyl sites for hydroxylation is 1. The van der Waals surface area contributed by atoms with Gasteiger partial charge in [0.25, 0.3) is 5.91 Å². The molecule has 3 aromatic rings. The van der Waals surface area contributed by atoms with E-state index >= 15 is 0 Å². The molecular formula is C20H19N3O3. The highest BCUT2D eigenvalue weighted by atomic mass is 16.3. The molecule has 0 unspecified atom stereocenters. The highest BCUT2D eigenvalue weighted by Gasteiger charge is 2.20. The van der Waals surface area contributed by atoms with Gasteiger partial charge >= 0.3 is 6.03 Å². The number of fused-ring (bicyclic) bond motifs is 2. The van der Waals surface area contributed by atoms with E-state index in [1.807, 2.05) is 44.2 Å². The molecule has 6 heteroatoms. The first-order valence-corrected chi connectivity index (χ1v) is 8.49. The predicted octanol–water partition coefficient (Wildman–Crippen LogP) is 3.87. The fourth-order valence-electron chi connectivity index (χ4n) is 3.35. The van der Waals surface area contributed by atoms with Crippen molar-refractivity contribution in [2.24, 2.45) is 0 Å². The van der Waals surface area contributed by atoms with Crippen molar-refractivity contribution in [1.29, 1.82) is 0 Å². The van der Waals surface area contributed by atoms with Crippen LogP contribution in [0.1, 0.15) is 40.2 Å². The molecule has 0 saturated heterocycles. The third kappa shape index (κ3) is 2.79. The van der Waals surface area contributed by atoms with E-state index in [2.05, 4.69) is 16.0 Å². The monoisotopic (exact) mass is 349 g/mol. The number of nitrogens with one attached hydrogen (secondary N) is 3. The molecule has 1 aromatic heterocycles. The SMILES string of the molecule is Cc1c([C@H](C)NC(=O)Nc2ccc3c(c2)CNC3=O)oc2ccccc12. The molecule has 0 radical (unpaired) electrons. The molecule has 26 heavy (non-hydrogen) atoms. The van der Waals surface area contributed by atoms with Gasteiger partial charge in [-0.2, -0.15) is 0 Å². The molecule has 6 nitrogen and oxygen atoms in total. The molecule has 2 heterocycles. The van der Waals surface area contributed by atoms with E-state index in [9.17, 15) is 9.59 Å². The van der Waals surface area contributed by atoms with E-state index < -0.39 is 0 Å². The lowest BCUT2D eigenvalue weighted by atomic mass is 10.1. The van der Waals surface area contributed by atoms with Crippen molar-refractivity contribution < 1.29 is 14.0 Å². The van der Waals surface area contributed by atoms with Crippen LogP contribution in [0.5, 0.6) is 0 Å². The fourth-order valence-corrected chi connectivity index (χ4v) is 3.35. The van der Waals surface area contributed by atoms with Crippen molar-refractivity contribution in [2.45, 2.75) is 26.4 Å². The second-order valence-corrected chi connectivity index (χ2v) is 6.46. The molecule has 132 valence electrons. The Bertz CT molecular complexity index is 1020. The van der Waals surface area contributed by atoms with Crippen LogP contribution in [0.15, 0.2) is 46.9 Å². The minimum Gasteiger partial charge on any atom is -0.459 e. The van der Waals surface area contributed by atoms with Crippen LogP contribution >= 0.6 is 0 Å². The summed E-state index contributed by atoms with van der Waals surface area (Å²) in [5.74, 6) is 0.662. The van der Waals surface area contributed by atoms with Crippen LogP contribution in [0.3, 0.4) is 0 Å². The van der Waals surface area contributed by atoms with E-state index in [0.717, 1.165) is 27.9 Å². The summed E-state index contributed by atoms with van der Waals surface area (Å²) in [4.78, 5) is 23.9. The molecule has 0 fully saturated rings. The van der Waals surface area contributed by atoms with Crippen molar-refractivity contribution in [2.75, 3.05) is 5.32 Å². The Balaban J connectivity index is 1.47. The van der Waals surface area contributed by atoms with Gasteiger partial charge in [0.15, 0.2) is 0 Å². The number of benzene rings is 2. The molecule has 1 aliphatic rings. The summed E-state index contributed by atoms with van der Waals surface area (Å²) >= 11 is 0. The molecule has 4 rings (SSSR count). The lowest BCUT2D eigenvalue weighted by molar-refractivity contribution is 0.0965. The van der Waals surface area contributed by atoms with Crippen LogP contribution in [-0.4, -0.2) is 11.9 Å². The van der Waals surface area contributed by atoms with Crippen molar-refractivity contribution in [1.82, 2.24) is 10.6 Å². The summed E-state index contributed by atoms with van der Waals surface area (Å²) in [5.41, 5.74) is 4.02. The molecule has 3 amide bonds. The quantitative estimate of drug-likeness (QED) is 0.671. The topological polar surface area (TPSA) is 83.4 Å². The maximum Gasteiger partial charge on any atom is 0.319 e. The molecule has 2 aromatic carbocycles. The summed E-state index contributed by atoms with van der Waals surface area (Å²) in [7, 11) is 0. The normalized spacial score (nSPS) is 14.0. The maximum absolute atomic E-state index is 12.3. The summed E-state index contributed by atoms with van der Waals surface area (Å²) in [6, 6.07) is 12.5. The average Bonchev–Trinajstić information content (AvgIpc) is 3.16. The molecule has 0 aliphatic carbocycles. The van der Waals surface area contributed by atoms with Gasteiger partial charge in [-0.1, -0.05) is 18.2 Å². The number of rotatable bonds is 3. The zero-order valence-electron chi connectivity index (χ0n) is 14.6. The van der Waals surface area contributed by atoms with Crippen LogP contribution in [-0.2, 0) is 6.54 Å². The molecule has 0 bridgehead atoms. The average molecular weight is 349 g/mol. The van der Waals surface area contributed by atoms with Gasteiger partial charge in [-0.15, -0.1) is 0 Å². The summed E-state index contributed by atoms with van der Waals surface area (Å²) in [6.45, 7) is 4.36. The number of carbonyl (C=O) groups excluding carboxylic acids is 2. The van der Waals surface area contributed by atoms with E-state index in [-0.39, 0.29) is 18.0 Å². The molecular weight excluding hydrogens is 330 g/mol. The summed E-state index contributed by atoms with van der Waals surface area (Å²) in [6.07, 6.45) is 0. The van der Waals surface area contributed by atoms with Crippen molar-refractivity contribution in [3.63, 3.8) is 0 Å². The van der Waals surface area contributed by atoms with Gasteiger partial charge in [0, 0.05) is 28.7 Å². The number of anilines is 1. The van der Waals surface area contributed by atoms with Crippen LogP contribution in [0.2, 0.25) is 0 Å². The summed E-state index contributed by atoms with van der Waals surface area (Å²) < 4.78 is 5.90. The Morgan fingerprint density at radius 2 is 2.04 bits per heavy atom. The third-order valence-electron chi connectivity index (χ3n) is 4.67. The highest BCUT2D eigenvalue weighted by Crippen LogP contribution is 2.29. The minimum absolute atomic E-state index is 0.0787. The maximum atomic E-state index is 12.3. The number of hydrogen-bond donors (Lipinski definition) is 3. The number of urea groups is 1. The smallest absolute Gasteiger partial charge is 0.319 e. The second kappa shape index (κ2) is 6.22. The van der Waals surface area contributed by atoms with Crippen LogP contribution in [0.4, 0.5) is 10.5 Å². The van der Waals surface area contributed by atoms with Gasteiger partial charge in [-0.05, 0) is 43.7 Å². The van der Waals surface area contributed by atoms with Gasteiger partial charge < -0.3 is 20.4 Å². The number of para-hydroxylation sites is 1. The Morgan fingerprint density at radius 3 is 2.85 bits per heavy atom. The van der Waals surface area contributed by atoms with Crippen molar-refractivity contribution in [3.8, 4) is 0 Å². The number of carbonyl (C=O) groups is 2. The van der Waals surface area contributed by atoms with Gasteiger partial charge in [-0.25, -0.2) is 4.79 Å². The molecule has 1 aliphatic heterocycles. The predicted molar refractivity (Wildman–Crippen MR) is 99.1 cm³/mol. The van der Waals surface area contributed by atoms with E-state index in [1.54, 1.807) is 12.1 Å². The first kappa shape index (κ1) is 16.2.